The number of anilines is 1. The molecule has 0 saturated heterocycles. The minimum atomic E-state index is -0.363. The van der Waals surface area contributed by atoms with Gasteiger partial charge < -0.3 is 11.2 Å². The Morgan fingerprint density at radius 3 is 2.70 bits per heavy atom. The van der Waals surface area contributed by atoms with Gasteiger partial charge in [0.15, 0.2) is 5.16 Å². The summed E-state index contributed by atoms with van der Waals surface area (Å²) in [5.41, 5.74) is 2.15. The van der Waals surface area contributed by atoms with Crippen molar-refractivity contribution < 1.29 is 4.79 Å². The third-order valence-corrected chi connectivity index (χ3v) is 6.17. The van der Waals surface area contributed by atoms with Gasteiger partial charge in [0.1, 0.15) is 10.9 Å². The number of para-hydroxylation sites is 1. The van der Waals surface area contributed by atoms with Crippen molar-refractivity contribution in [1.82, 2.24) is 9.66 Å². The molecule has 148 valence electrons. The molecule has 30 heavy (non-hydrogen) atoms. The van der Waals surface area contributed by atoms with Crippen LogP contribution in [0.25, 0.3) is 21.3 Å². The van der Waals surface area contributed by atoms with Gasteiger partial charge in [0.25, 0.3) is 5.56 Å². The minimum Gasteiger partial charge on any atom is -0.334 e. The number of hydrogen-bond acceptors (Lipinski definition) is 7. The van der Waals surface area contributed by atoms with Gasteiger partial charge in [0.2, 0.25) is 5.91 Å². The molecule has 2 aromatic heterocycles. The summed E-state index contributed by atoms with van der Waals surface area (Å²) in [4.78, 5) is 30.2. The van der Waals surface area contributed by atoms with Crippen LogP contribution < -0.4 is 16.7 Å². The highest BCUT2D eigenvalue weighted by atomic mass is 32.2. The van der Waals surface area contributed by atoms with E-state index in [1.807, 2.05) is 41.8 Å². The first-order valence-electron chi connectivity index (χ1n) is 8.85. The van der Waals surface area contributed by atoms with E-state index in [0.29, 0.717) is 21.5 Å². The smallest absolute Gasteiger partial charge is 0.282 e. The number of aromatic nitrogens is 2. The second-order valence-corrected chi connectivity index (χ2v) is 8.06. The molecule has 0 aliphatic heterocycles. The Morgan fingerprint density at radius 1 is 1.20 bits per heavy atom. The van der Waals surface area contributed by atoms with E-state index in [2.05, 4.69) is 10.3 Å². The fourth-order valence-corrected chi connectivity index (χ4v) is 4.63. The molecule has 0 fully saturated rings. The van der Waals surface area contributed by atoms with Crippen LogP contribution in [0.4, 0.5) is 5.69 Å². The third kappa shape index (κ3) is 3.78. The summed E-state index contributed by atoms with van der Waals surface area (Å²) in [5, 5.41) is 14.4. The molecule has 4 aromatic rings. The number of amides is 1. The number of carbonyl (C=O) groups excluding carboxylic acids is 1. The van der Waals surface area contributed by atoms with E-state index >= 15 is 0 Å². The van der Waals surface area contributed by atoms with Crippen LogP contribution in [0.2, 0.25) is 0 Å². The number of nitrogens with two attached hydrogens (primary N) is 1. The van der Waals surface area contributed by atoms with E-state index in [1.165, 1.54) is 11.3 Å². The Bertz CT molecular complexity index is 1340. The summed E-state index contributed by atoms with van der Waals surface area (Å²) in [6, 6.07) is 18.3. The maximum absolute atomic E-state index is 12.9. The van der Waals surface area contributed by atoms with Crippen molar-refractivity contribution in [3.05, 3.63) is 75.9 Å². The number of fused-ring (bicyclic) bond motifs is 1. The number of rotatable bonds is 5. The van der Waals surface area contributed by atoms with Gasteiger partial charge >= 0.3 is 0 Å². The fourth-order valence-electron chi connectivity index (χ4n) is 2.92. The maximum atomic E-state index is 12.9. The van der Waals surface area contributed by atoms with Gasteiger partial charge in [0, 0.05) is 10.9 Å². The van der Waals surface area contributed by atoms with Crippen molar-refractivity contribution in [2.45, 2.75) is 5.16 Å². The van der Waals surface area contributed by atoms with Crippen LogP contribution in [0, 0.1) is 11.3 Å². The summed E-state index contributed by atoms with van der Waals surface area (Å²) in [6.45, 7) is 0. The lowest BCUT2D eigenvalue weighted by Gasteiger charge is -2.09. The number of hydrogen-bond donors (Lipinski definition) is 2. The number of nitrogens with zero attached hydrogens (tertiary/aromatic N) is 3. The van der Waals surface area contributed by atoms with Crippen LogP contribution in [0.3, 0.4) is 0 Å². The first kappa shape index (κ1) is 19.7. The van der Waals surface area contributed by atoms with E-state index < -0.39 is 0 Å². The fraction of sp³-hybridized carbons (Fsp3) is 0.0476. The zero-order chi connectivity index (χ0) is 21.1. The molecule has 4 rings (SSSR count). The molecule has 0 radical (unpaired) electrons. The van der Waals surface area contributed by atoms with Crippen LogP contribution in [0.1, 0.15) is 5.56 Å². The van der Waals surface area contributed by atoms with E-state index in [0.717, 1.165) is 27.6 Å². The van der Waals surface area contributed by atoms with Gasteiger partial charge in [-0.3, -0.25) is 9.59 Å². The number of nitrogen functional groups attached to an aromatic ring is 1. The first-order valence-corrected chi connectivity index (χ1v) is 10.7. The van der Waals surface area contributed by atoms with Crippen molar-refractivity contribution >= 4 is 44.9 Å². The standard InChI is InChI=1S/C21H15N5O2S2/c22-10-14-8-4-5-9-16(14)24-17(27)12-30-21-25-19-18(20(28)26(21)23)15(11-29-19)13-6-2-1-3-7-13/h1-9,11H,12,23H2,(H,24,27). The molecule has 1 amide bonds. The van der Waals surface area contributed by atoms with Crippen molar-refractivity contribution in [2.24, 2.45) is 0 Å². The van der Waals surface area contributed by atoms with Gasteiger partial charge in [-0.25, -0.2) is 9.66 Å². The highest BCUT2D eigenvalue weighted by Gasteiger charge is 2.17. The Morgan fingerprint density at radius 2 is 1.93 bits per heavy atom. The number of thioether (sulfide) groups is 1. The molecule has 0 spiro atoms. The third-order valence-electron chi connectivity index (χ3n) is 4.35. The van der Waals surface area contributed by atoms with Crippen LogP contribution >= 0.6 is 23.1 Å². The van der Waals surface area contributed by atoms with Gasteiger partial charge in [-0.2, -0.15) is 5.26 Å². The van der Waals surface area contributed by atoms with E-state index in [1.54, 1.807) is 24.3 Å². The second-order valence-electron chi connectivity index (χ2n) is 6.26. The van der Waals surface area contributed by atoms with E-state index in [9.17, 15) is 9.59 Å². The lowest BCUT2D eigenvalue weighted by Crippen LogP contribution is -2.30. The van der Waals surface area contributed by atoms with Gasteiger partial charge in [-0.1, -0.05) is 54.2 Å². The first-order chi connectivity index (χ1) is 14.6. The van der Waals surface area contributed by atoms with E-state index in [-0.39, 0.29) is 22.4 Å². The highest BCUT2D eigenvalue weighted by Crippen LogP contribution is 2.31. The number of nitrogens with one attached hydrogen (secondary N) is 1. The number of thiophene rings is 1. The lowest BCUT2D eigenvalue weighted by molar-refractivity contribution is -0.113. The quantitative estimate of drug-likeness (QED) is 0.283. The largest absolute Gasteiger partial charge is 0.334 e. The normalized spacial score (nSPS) is 10.6. The predicted molar refractivity (Wildman–Crippen MR) is 120 cm³/mol. The zero-order valence-electron chi connectivity index (χ0n) is 15.5. The van der Waals surface area contributed by atoms with Gasteiger partial charge in [-0.05, 0) is 17.7 Å². The van der Waals surface area contributed by atoms with Crippen molar-refractivity contribution in [2.75, 3.05) is 16.9 Å². The molecule has 0 bridgehead atoms. The van der Waals surface area contributed by atoms with Crippen molar-refractivity contribution in [3.63, 3.8) is 0 Å². The predicted octanol–water partition coefficient (Wildman–Crippen LogP) is 3.44. The number of benzene rings is 2. The lowest BCUT2D eigenvalue weighted by atomic mass is 10.1. The monoisotopic (exact) mass is 433 g/mol. The average molecular weight is 434 g/mol. The topological polar surface area (TPSA) is 114 Å². The summed E-state index contributed by atoms with van der Waals surface area (Å²) in [5.74, 6) is 5.66. The van der Waals surface area contributed by atoms with Crippen LogP contribution in [0.15, 0.2) is 69.9 Å². The molecule has 2 heterocycles. The van der Waals surface area contributed by atoms with Crippen LogP contribution in [-0.4, -0.2) is 21.3 Å². The molecule has 0 aliphatic carbocycles. The molecule has 9 heteroatoms. The summed E-state index contributed by atoms with van der Waals surface area (Å²) in [7, 11) is 0. The molecule has 0 atom stereocenters. The van der Waals surface area contributed by atoms with E-state index in [4.69, 9.17) is 11.1 Å². The molecular weight excluding hydrogens is 418 g/mol. The minimum absolute atomic E-state index is 0.00811. The Hall–Kier alpha value is -3.61. The summed E-state index contributed by atoms with van der Waals surface area (Å²) < 4.78 is 0.975. The van der Waals surface area contributed by atoms with Gasteiger partial charge in [-0.15, -0.1) is 11.3 Å². The molecule has 3 N–H and O–H groups in total. The van der Waals surface area contributed by atoms with Crippen LogP contribution in [-0.2, 0) is 4.79 Å². The summed E-state index contributed by atoms with van der Waals surface area (Å²) in [6.07, 6.45) is 0. The number of nitriles is 1. The Labute approximate surface area is 179 Å². The van der Waals surface area contributed by atoms with Crippen LogP contribution in [0.5, 0.6) is 0 Å². The SMILES string of the molecule is N#Cc1ccccc1NC(=O)CSc1nc2scc(-c3ccccc3)c2c(=O)n1N. The van der Waals surface area contributed by atoms with Crippen molar-refractivity contribution in [1.29, 1.82) is 5.26 Å². The average Bonchev–Trinajstić information content (AvgIpc) is 3.20. The molecular formula is C21H15N5O2S2. The zero-order valence-corrected chi connectivity index (χ0v) is 17.2. The maximum Gasteiger partial charge on any atom is 0.282 e. The molecule has 7 nitrogen and oxygen atoms in total. The molecule has 2 aromatic carbocycles. The Kier molecular flexibility index (Phi) is 5.52. The Balaban J connectivity index is 1.57. The molecule has 0 unspecified atom stereocenters. The van der Waals surface area contributed by atoms with Gasteiger partial charge in [0.05, 0.1) is 22.4 Å². The summed E-state index contributed by atoms with van der Waals surface area (Å²) >= 11 is 2.42. The second kappa shape index (κ2) is 8.41. The highest BCUT2D eigenvalue weighted by molar-refractivity contribution is 7.99. The van der Waals surface area contributed by atoms with Crippen molar-refractivity contribution in [3.8, 4) is 17.2 Å². The number of carbonyl (C=O) groups is 1. The molecule has 0 aliphatic rings. The molecule has 0 saturated carbocycles.